The molecule has 3 heteroatoms. The standard InChI is InChI=1S/C15H26N2S/c1-3-8-16-10-14-7-5-4-6-13(14)9-15-17-12(2)11-18-15/h11,13-14,16H,3-10H2,1-2H3. The maximum atomic E-state index is 4.63. The zero-order valence-electron chi connectivity index (χ0n) is 11.7. The van der Waals surface area contributed by atoms with Crippen LogP contribution in [0.3, 0.4) is 0 Å². The lowest BCUT2D eigenvalue weighted by Crippen LogP contribution is -2.32. The smallest absolute Gasteiger partial charge is 0.0930 e. The number of rotatable bonds is 6. The van der Waals surface area contributed by atoms with Crippen molar-refractivity contribution < 1.29 is 0 Å². The summed E-state index contributed by atoms with van der Waals surface area (Å²) >= 11 is 1.84. The number of hydrogen-bond acceptors (Lipinski definition) is 3. The van der Waals surface area contributed by atoms with Gasteiger partial charge in [-0.2, -0.15) is 0 Å². The molecule has 2 atom stereocenters. The van der Waals surface area contributed by atoms with E-state index >= 15 is 0 Å². The van der Waals surface area contributed by atoms with Crippen molar-refractivity contribution in [2.45, 2.75) is 52.4 Å². The van der Waals surface area contributed by atoms with Gasteiger partial charge in [0, 0.05) is 17.5 Å². The zero-order chi connectivity index (χ0) is 12.8. The summed E-state index contributed by atoms with van der Waals surface area (Å²) in [5.74, 6) is 1.73. The molecule has 0 radical (unpaired) electrons. The van der Waals surface area contributed by atoms with E-state index in [1.807, 2.05) is 11.3 Å². The molecule has 0 amide bonds. The Hall–Kier alpha value is -0.410. The first-order valence-corrected chi connectivity index (χ1v) is 8.29. The minimum Gasteiger partial charge on any atom is -0.316 e. The normalized spacial score (nSPS) is 24.3. The lowest BCUT2D eigenvalue weighted by Gasteiger charge is -2.31. The predicted octanol–water partition coefficient (Wildman–Crippen LogP) is 3.80. The lowest BCUT2D eigenvalue weighted by atomic mass is 9.77. The Morgan fingerprint density at radius 2 is 2.11 bits per heavy atom. The molecular formula is C15H26N2S. The fourth-order valence-electron chi connectivity index (χ4n) is 3.01. The van der Waals surface area contributed by atoms with Crippen molar-refractivity contribution >= 4 is 11.3 Å². The summed E-state index contributed by atoms with van der Waals surface area (Å²) in [5.41, 5.74) is 1.19. The number of nitrogens with one attached hydrogen (secondary N) is 1. The molecule has 1 fully saturated rings. The molecule has 0 spiro atoms. The van der Waals surface area contributed by atoms with Gasteiger partial charge < -0.3 is 5.32 Å². The number of nitrogens with zero attached hydrogens (tertiary/aromatic N) is 1. The molecule has 2 unspecified atom stereocenters. The number of hydrogen-bond donors (Lipinski definition) is 1. The Balaban J connectivity index is 1.86. The highest BCUT2D eigenvalue weighted by Gasteiger charge is 2.25. The Morgan fingerprint density at radius 3 is 2.78 bits per heavy atom. The van der Waals surface area contributed by atoms with E-state index in [-0.39, 0.29) is 0 Å². The van der Waals surface area contributed by atoms with Crippen molar-refractivity contribution in [2.75, 3.05) is 13.1 Å². The first kappa shape index (κ1) is 14.0. The Morgan fingerprint density at radius 1 is 1.33 bits per heavy atom. The van der Waals surface area contributed by atoms with Crippen molar-refractivity contribution in [2.24, 2.45) is 11.8 Å². The molecule has 1 aliphatic rings. The summed E-state index contributed by atoms with van der Waals surface area (Å²) in [6.07, 6.45) is 8.09. The zero-order valence-corrected chi connectivity index (χ0v) is 12.6. The number of aromatic nitrogens is 1. The molecule has 1 saturated carbocycles. The molecule has 2 nitrogen and oxygen atoms in total. The second-order valence-corrected chi connectivity index (χ2v) is 6.54. The fourth-order valence-corrected chi connectivity index (χ4v) is 3.87. The Kier molecular flexibility index (Phi) is 5.64. The molecule has 0 saturated heterocycles. The molecule has 1 heterocycles. The SMILES string of the molecule is CCCNCC1CCCCC1Cc1nc(C)cs1. The average Bonchev–Trinajstić information content (AvgIpc) is 2.77. The summed E-state index contributed by atoms with van der Waals surface area (Å²) in [6.45, 7) is 6.72. The largest absolute Gasteiger partial charge is 0.316 e. The van der Waals surface area contributed by atoms with Gasteiger partial charge >= 0.3 is 0 Å². The van der Waals surface area contributed by atoms with Crippen LogP contribution in [-0.4, -0.2) is 18.1 Å². The van der Waals surface area contributed by atoms with Crippen LogP contribution in [0.5, 0.6) is 0 Å². The predicted molar refractivity (Wildman–Crippen MR) is 79.2 cm³/mol. The second kappa shape index (κ2) is 7.25. The van der Waals surface area contributed by atoms with E-state index in [0.717, 1.165) is 11.8 Å². The molecule has 0 bridgehead atoms. The van der Waals surface area contributed by atoms with Crippen molar-refractivity contribution in [3.8, 4) is 0 Å². The van der Waals surface area contributed by atoms with E-state index in [9.17, 15) is 0 Å². The molecule has 102 valence electrons. The highest BCUT2D eigenvalue weighted by molar-refractivity contribution is 7.09. The molecule has 0 aliphatic heterocycles. The van der Waals surface area contributed by atoms with Crippen molar-refractivity contribution in [3.05, 3.63) is 16.1 Å². The minimum absolute atomic E-state index is 0.855. The van der Waals surface area contributed by atoms with Crippen LogP contribution < -0.4 is 5.32 Å². The fraction of sp³-hybridized carbons (Fsp3) is 0.800. The van der Waals surface area contributed by atoms with Crippen molar-refractivity contribution in [1.29, 1.82) is 0 Å². The summed E-state index contributed by atoms with van der Waals surface area (Å²) < 4.78 is 0. The van der Waals surface area contributed by atoms with Crippen LogP contribution in [0, 0.1) is 18.8 Å². The molecule has 18 heavy (non-hydrogen) atoms. The first-order valence-electron chi connectivity index (χ1n) is 7.41. The topological polar surface area (TPSA) is 24.9 Å². The monoisotopic (exact) mass is 266 g/mol. The van der Waals surface area contributed by atoms with E-state index in [0.29, 0.717) is 0 Å². The van der Waals surface area contributed by atoms with Crippen LogP contribution in [0.1, 0.15) is 49.7 Å². The summed E-state index contributed by atoms with van der Waals surface area (Å²) in [6, 6.07) is 0. The summed E-state index contributed by atoms with van der Waals surface area (Å²) in [5, 5.41) is 7.14. The van der Waals surface area contributed by atoms with E-state index in [2.05, 4.69) is 29.5 Å². The molecule has 0 aromatic carbocycles. The van der Waals surface area contributed by atoms with E-state index < -0.39 is 0 Å². The van der Waals surface area contributed by atoms with Crippen LogP contribution in [0.4, 0.5) is 0 Å². The summed E-state index contributed by atoms with van der Waals surface area (Å²) in [7, 11) is 0. The van der Waals surface area contributed by atoms with E-state index in [4.69, 9.17) is 0 Å². The third-order valence-corrected chi connectivity index (χ3v) is 4.99. The average molecular weight is 266 g/mol. The number of aryl methyl sites for hydroxylation is 1. The first-order chi connectivity index (χ1) is 8.79. The highest BCUT2D eigenvalue weighted by atomic mass is 32.1. The van der Waals surface area contributed by atoms with Gasteiger partial charge in [-0.05, 0) is 51.1 Å². The van der Waals surface area contributed by atoms with Crippen LogP contribution in [0.2, 0.25) is 0 Å². The van der Waals surface area contributed by atoms with Gasteiger partial charge in [0.2, 0.25) is 0 Å². The quantitative estimate of drug-likeness (QED) is 0.792. The lowest BCUT2D eigenvalue weighted by molar-refractivity contribution is 0.228. The van der Waals surface area contributed by atoms with Gasteiger partial charge in [0.25, 0.3) is 0 Å². The van der Waals surface area contributed by atoms with Crippen LogP contribution >= 0.6 is 11.3 Å². The summed E-state index contributed by atoms with van der Waals surface area (Å²) in [4.78, 5) is 4.63. The van der Waals surface area contributed by atoms with Crippen LogP contribution in [0.15, 0.2) is 5.38 Å². The Bertz CT molecular complexity index is 348. The molecule has 2 rings (SSSR count). The van der Waals surface area contributed by atoms with Gasteiger partial charge in [-0.15, -0.1) is 11.3 Å². The van der Waals surface area contributed by atoms with E-state index in [1.54, 1.807) is 0 Å². The molecule has 1 aromatic rings. The van der Waals surface area contributed by atoms with Crippen molar-refractivity contribution in [1.82, 2.24) is 10.3 Å². The maximum Gasteiger partial charge on any atom is 0.0930 e. The van der Waals surface area contributed by atoms with Crippen LogP contribution in [-0.2, 0) is 6.42 Å². The Labute approximate surface area is 115 Å². The molecular weight excluding hydrogens is 240 g/mol. The highest BCUT2D eigenvalue weighted by Crippen LogP contribution is 2.32. The third kappa shape index (κ3) is 4.06. The second-order valence-electron chi connectivity index (χ2n) is 5.60. The van der Waals surface area contributed by atoms with Gasteiger partial charge in [-0.25, -0.2) is 4.98 Å². The van der Waals surface area contributed by atoms with Gasteiger partial charge in [-0.3, -0.25) is 0 Å². The van der Waals surface area contributed by atoms with Gasteiger partial charge in [-0.1, -0.05) is 19.8 Å². The minimum atomic E-state index is 0.855. The molecule has 1 aliphatic carbocycles. The van der Waals surface area contributed by atoms with Gasteiger partial charge in [0.1, 0.15) is 0 Å². The third-order valence-electron chi connectivity index (χ3n) is 4.00. The van der Waals surface area contributed by atoms with Crippen LogP contribution in [0.25, 0.3) is 0 Å². The van der Waals surface area contributed by atoms with Gasteiger partial charge in [0.15, 0.2) is 0 Å². The van der Waals surface area contributed by atoms with Gasteiger partial charge in [0.05, 0.1) is 5.01 Å². The number of thiazole rings is 1. The van der Waals surface area contributed by atoms with Crippen molar-refractivity contribution in [3.63, 3.8) is 0 Å². The van der Waals surface area contributed by atoms with E-state index in [1.165, 1.54) is 62.3 Å². The molecule has 1 N–H and O–H groups in total. The maximum absolute atomic E-state index is 4.63. The molecule has 1 aromatic heterocycles.